The maximum absolute atomic E-state index is 13.6. The Kier molecular flexibility index (Phi) is 11.7. The number of methoxy groups -OCH3 is 2. The first kappa shape index (κ1) is 39.3. The molecular weight excluding hydrogens is 753 g/mol. The highest BCUT2D eigenvalue weighted by Gasteiger charge is 2.40. The average Bonchev–Trinajstić information content (AvgIpc) is 4.04. The largest absolute Gasteiger partial charge is 0.453 e. The fourth-order valence-corrected chi connectivity index (χ4v) is 10.5. The molecule has 16 heteroatoms. The van der Waals surface area contributed by atoms with Gasteiger partial charge >= 0.3 is 12.2 Å². The standard InChI is InChI=1S/C40H50N8O6S2/c1-21(2)31(45-39(51)53-5)37(49)47-15-7-9-29(47)35-41-17-27(43-35)24-13-11-23(12-14-24)25-19-55-34-26(20-56-33(25)34)28-18-42-36(44-28)30-10-8-16-48(30)38(50)32(22(3)4)46-40(52)54-6/h11-14,17,19-22,28-32H,7-10,15-16,18H2,1-6H3,(H,41,43)(H,42,44)(H,45,51)(H,46,52)/t28?,29-,30?,31-,32-/m0/s1. The van der Waals surface area contributed by atoms with Crippen LogP contribution in [0.1, 0.15) is 76.8 Å². The van der Waals surface area contributed by atoms with Crippen molar-refractivity contribution < 1.29 is 28.7 Å². The summed E-state index contributed by atoms with van der Waals surface area (Å²) in [6, 6.07) is 6.75. The lowest BCUT2D eigenvalue weighted by molar-refractivity contribution is -0.135. The van der Waals surface area contributed by atoms with E-state index in [1.54, 1.807) is 22.7 Å². The maximum Gasteiger partial charge on any atom is 0.407 e. The Morgan fingerprint density at radius 2 is 1.38 bits per heavy atom. The summed E-state index contributed by atoms with van der Waals surface area (Å²) in [7, 11) is 2.59. The summed E-state index contributed by atoms with van der Waals surface area (Å²) in [5.41, 5.74) is 5.38. The van der Waals surface area contributed by atoms with E-state index in [2.05, 4.69) is 56.0 Å². The molecule has 0 spiro atoms. The maximum atomic E-state index is 13.6. The average molecular weight is 803 g/mol. The van der Waals surface area contributed by atoms with Crippen LogP contribution in [0.4, 0.5) is 9.59 Å². The Balaban J connectivity index is 1.01. The number of rotatable bonds is 11. The van der Waals surface area contributed by atoms with Crippen LogP contribution in [0, 0.1) is 11.8 Å². The number of carbonyl (C=O) groups is 4. The smallest absolute Gasteiger partial charge is 0.407 e. The molecule has 7 rings (SSSR count). The lowest BCUT2D eigenvalue weighted by Crippen LogP contribution is -2.54. The molecule has 298 valence electrons. The predicted octanol–water partition coefficient (Wildman–Crippen LogP) is 6.48. The number of imidazole rings is 1. The van der Waals surface area contributed by atoms with Crippen LogP contribution in [0.25, 0.3) is 31.8 Å². The first-order valence-electron chi connectivity index (χ1n) is 19.2. The fraction of sp³-hybridized carbons (Fsp3) is 0.500. The molecule has 4 N–H and O–H groups in total. The predicted molar refractivity (Wildman–Crippen MR) is 218 cm³/mol. The molecule has 5 atom stereocenters. The van der Waals surface area contributed by atoms with E-state index in [9.17, 15) is 19.2 Å². The number of ether oxygens (including phenoxy) is 2. The van der Waals surface area contributed by atoms with Crippen LogP contribution in [-0.2, 0) is 19.1 Å². The topological polar surface area (TPSA) is 170 Å². The first-order valence-corrected chi connectivity index (χ1v) is 21.0. The van der Waals surface area contributed by atoms with Crippen molar-refractivity contribution in [2.45, 2.75) is 83.6 Å². The van der Waals surface area contributed by atoms with E-state index in [0.29, 0.717) is 19.6 Å². The van der Waals surface area contributed by atoms with Gasteiger partial charge in [-0.15, -0.1) is 22.7 Å². The molecule has 3 aliphatic rings. The Hall–Kier alpha value is -4.96. The Morgan fingerprint density at radius 1 is 0.804 bits per heavy atom. The fourth-order valence-electron chi connectivity index (χ4n) is 7.98. The SMILES string of the molecule is COC(=O)N[C@H](C(=O)N1CCCC1C1=NCC(c2csc3c(-c4ccc(-c5cnc([C@@H]6CCCN6C(=O)[C@@H](NC(=O)OC)C(C)C)[nH]5)cc4)csc23)N1)C(C)C. The molecule has 6 heterocycles. The molecule has 0 aliphatic carbocycles. The second-order valence-corrected chi connectivity index (χ2v) is 17.0. The normalized spacial score (nSPS) is 20.6. The zero-order valence-corrected chi connectivity index (χ0v) is 34.2. The van der Waals surface area contributed by atoms with Crippen molar-refractivity contribution in [1.29, 1.82) is 0 Å². The number of amidine groups is 1. The Morgan fingerprint density at radius 3 is 1.98 bits per heavy atom. The summed E-state index contributed by atoms with van der Waals surface area (Å²) in [6.45, 7) is 9.46. The summed E-state index contributed by atoms with van der Waals surface area (Å²) < 4.78 is 12.0. The molecule has 2 unspecified atom stereocenters. The third kappa shape index (κ3) is 7.73. The van der Waals surface area contributed by atoms with Crippen molar-refractivity contribution in [2.75, 3.05) is 33.9 Å². The third-order valence-electron chi connectivity index (χ3n) is 11.0. The number of aromatic amines is 1. The monoisotopic (exact) mass is 802 g/mol. The molecule has 0 radical (unpaired) electrons. The molecule has 0 bridgehead atoms. The molecule has 56 heavy (non-hydrogen) atoms. The number of thiophene rings is 2. The molecule has 4 aromatic rings. The number of amides is 4. The highest BCUT2D eigenvalue weighted by atomic mass is 32.1. The molecule has 14 nitrogen and oxygen atoms in total. The summed E-state index contributed by atoms with van der Waals surface area (Å²) in [5, 5.41) is 13.5. The summed E-state index contributed by atoms with van der Waals surface area (Å²) in [4.78, 5) is 67.9. The number of benzene rings is 1. The highest BCUT2D eigenvalue weighted by molar-refractivity contribution is 7.27. The summed E-state index contributed by atoms with van der Waals surface area (Å²) >= 11 is 3.47. The van der Waals surface area contributed by atoms with E-state index in [1.807, 2.05) is 43.7 Å². The van der Waals surface area contributed by atoms with E-state index in [0.717, 1.165) is 54.2 Å². The van der Waals surface area contributed by atoms with Crippen molar-refractivity contribution in [2.24, 2.45) is 16.8 Å². The minimum Gasteiger partial charge on any atom is -0.453 e. The van der Waals surface area contributed by atoms with Crippen molar-refractivity contribution >= 4 is 61.9 Å². The zero-order valence-electron chi connectivity index (χ0n) is 32.6. The van der Waals surface area contributed by atoms with Crippen molar-refractivity contribution in [3.05, 3.63) is 52.6 Å². The van der Waals surface area contributed by atoms with Crippen LogP contribution < -0.4 is 16.0 Å². The molecular formula is C40H50N8O6S2. The van der Waals surface area contributed by atoms with Gasteiger partial charge in [0.2, 0.25) is 11.8 Å². The molecule has 3 aliphatic heterocycles. The number of nitrogens with zero attached hydrogens (tertiary/aromatic N) is 4. The third-order valence-corrected chi connectivity index (χ3v) is 13.2. The molecule has 1 aromatic carbocycles. The number of fused-ring (bicyclic) bond motifs is 1. The number of nitrogens with one attached hydrogen (secondary N) is 4. The lowest BCUT2D eigenvalue weighted by Gasteiger charge is -2.31. The van der Waals surface area contributed by atoms with E-state index < -0.39 is 24.3 Å². The van der Waals surface area contributed by atoms with Gasteiger partial charge in [-0.05, 0) is 54.0 Å². The number of aromatic nitrogens is 2. The second kappa shape index (κ2) is 16.6. The van der Waals surface area contributed by atoms with Gasteiger partial charge < -0.3 is 40.2 Å². The van der Waals surface area contributed by atoms with Crippen LogP contribution in [0.15, 0.2) is 46.2 Å². The van der Waals surface area contributed by atoms with E-state index in [-0.39, 0.29) is 41.8 Å². The molecule has 3 aromatic heterocycles. The highest BCUT2D eigenvalue weighted by Crippen LogP contribution is 2.43. The lowest BCUT2D eigenvalue weighted by atomic mass is 10.0. The number of alkyl carbamates (subject to hydrolysis) is 2. The van der Waals surface area contributed by atoms with Crippen LogP contribution in [-0.4, -0.2) is 102 Å². The van der Waals surface area contributed by atoms with Crippen LogP contribution in [0.2, 0.25) is 0 Å². The minimum absolute atomic E-state index is 0.0142. The van der Waals surface area contributed by atoms with Gasteiger partial charge in [-0.2, -0.15) is 0 Å². The Bertz CT molecular complexity index is 2110. The summed E-state index contributed by atoms with van der Waals surface area (Å²) in [5.74, 6) is 1.12. The summed E-state index contributed by atoms with van der Waals surface area (Å²) in [6.07, 6.45) is 3.92. The number of aliphatic imine (C=N–C) groups is 1. The van der Waals surface area contributed by atoms with Crippen molar-refractivity contribution in [3.63, 3.8) is 0 Å². The van der Waals surface area contributed by atoms with Gasteiger partial charge in [0.05, 0.1) is 60.2 Å². The molecule has 0 saturated carbocycles. The Labute approximate surface area is 334 Å². The molecule has 2 fully saturated rings. The van der Waals surface area contributed by atoms with Gasteiger partial charge in [0.15, 0.2) is 0 Å². The van der Waals surface area contributed by atoms with Crippen molar-refractivity contribution in [1.82, 2.24) is 35.7 Å². The zero-order chi connectivity index (χ0) is 39.7. The van der Waals surface area contributed by atoms with E-state index >= 15 is 0 Å². The second-order valence-electron chi connectivity index (χ2n) is 15.3. The number of likely N-dealkylation sites (tertiary alicyclic amines) is 2. The minimum atomic E-state index is -0.685. The number of carbonyl (C=O) groups excluding carboxylic acids is 4. The van der Waals surface area contributed by atoms with Gasteiger partial charge in [0.1, 0.15) is 23.7 Å². The van der Waals surface area contributed by atoms with Gasteiger partial charge in [0.25, 0.3) is 0 Å². The number of hydrogen-bond acceptors (Lipinski definition) is 11. The van der Waals surface area contributed by atoms with Crippen molar-refractivity contribution in [3.8, 4) is 22.4 Å². The van der Waals surface area contributed by atoms with Crippen LogP contribution >= 0.6 is 22.7 Å². The van der Waals surface area contributed by atoms with Gasteiger partial charge in [-0.25, -0.2) is 14.6 Å². The van der Waals surface area contributed by atoms with Crippen LogP contribution in [0.3, 0.4) is 0 Å². The quantitative estimate of drug-likeness (QED) is 0.134. The van der Waals surface area contributed by atoms with Gasteiger partial charge in [-0.1, -0.05) is 52.0 Å². The first-order chi connectivity index (χ1) is 27.0. The molecule has 2 saturated heterocycles. The van der Waals surface area contributed by atoms with Gasteiger partial charge in [0, 0.05) is 29.6 Å². The molecule has 4 amide bonds. The number of hydrogen-bond donors (Lipinski definition) is 4. The van der Waals surface area contributed by atoms with Crippen LogP contribution in [0.5, 0.6) is 0 Å². The van der Waals surface area contributed by atoms with E-state index in [1.165, 1.54) is 34.7 Å². The number of H-pyrrole nitrogens is 1. The van der Waals surface area contributed by atoms with Gasteiger partial charge in [-0.3, -0.25) is 14.6 Å². The van der Waals surface area contributed by atoms with E-state index in [4.69, 9.17) is 19.5 Å².